The van der Waals surface area contributed by atoms with Gasteiger partial charge in [-0.15, -0.1) is 0 Å². The largest absolute Gasteiger partial charge is 0.442 e. The Labute approximate surface area is 160 Å². The van der Waals surface area contributed by atoms with Crippen molar-refractivity contribution in [1.29, 1.82) is 0 Å². The van der Waals surface area contributed by atoms with Gasteiger partial charge in [-0.1, -0.05) is 0 Å². The van der Waals surface area contributed by atoms with Crippen molar-refractivity contribution in [2.45, 2.75) is 38.8 Å². The molecule has 0 radical (unpaired) electrons. The van der Waals surface area contributed by atoms with Crippen LogP contribution in [0.15, 0.2) is 28.9 Å². The third-order valence-corrected chi connectivity index (χ3v) is 4.93. The summed E-state index contributed by atoms with van der Waals surface area (Å²) in [6.45, 7) is 3.70. The van der Waals surface area contributed by atoms with Crippen LogP contribution in [0.3, 0.4) is 0 Å². The fraction of sp³-hybridized carbons (Fsp3) is 0.316. The van der Waals surface area contributed by atoms with Gasteiger partial charge < -0.3 is 15.1 Å². The smallest absolute Gasteiger partial charge is 0.255 e. The summed E-state index contributed by atoms with van der Waals surface area (Å²) >= 11 is 0. The van der Waals surface area contributed by atoms with Crippen LogP contribution in [0.5, 0.6) is 0 Å². The van der Waals surface area contributed by atoms with Crippen LogP contribution in [0, 0.1) is 12.7 Å². The van der Waals surface area contributed by atoms with Gasteiger partial charge >= 0.3 is 0 Å². The molecule has 1 amide bonds. The molecule has 0 atom stereocenters. The van der Waals surface area contributed by atoms with E-state index in [4.69, 9.17) is 9.62 Å². The van der Waals surface area contributed by atoms with Crippen LogP contribution in [0.1, 0.15) is 41.4 Å². The van der Waals surface area contributed by atoms with Gasteiger partial charge in [0.2, 0.25) is 5.71 Å². The summed E-state index contributed by atoms with van der Waals surface area (Å²) in [6, 6.07) is 4.02. The Morgan fingerprint density at radius 2 is 2.14 bits per heavy atom. The number of nitrogens with one attached hydrogen (secondary N) is 3. The molecule has 4 rings (SSSR count). The van der Waals surface area contributed by atoms with Gasteiger partial charge in [0.15, 0.2) is 0 Å². The first-order valence-corrected chi connectivity index (χ1v) is 8.89. The summed E-state index contributed by atoms with van der Waals surface area (Å²) in [5.41, 5.74) is 3.12. The number of carbonyl (C=O) groups is 1. The minimum Gasteiger partial charge on any atom is -0.442 e. The predicted octanol–water partition coefficient (Wildman–Crippen LogP) is 3.37. The fourth-order valence-corrected chi connectivity index (χ4v) is 3.05. The van der Waals surface area contributed by atoms with E-state index in [0.29, 0.717) is 33.9 Å². The maximum atomic E-state index is 14.0. The molecular formula is C19H20FN5O3. The van der Waals surface area contributed by atoms with E-state index < -0.39 is 11.7 Å². The van der Waals surface area contributed by atoms with E-state index in [1.54, 1.807) is 6.92 Å². The molecular weight excluding hydrogens is 365 g/mol. The molecule has 1 saturated carbocycles. The number of hydrogen-bond donors (Lipinski definition) is 4. The molecule has 4 N–H and O–H groups in total. The zero-order valence-corrected chi connectivity index (χ0v) is 15.5. The predicted molar refractivity (Wildman–Crippen MR) is 101 cm³/mol. The number of rotatable bonds is 6. The SMILES string of the molecule is Cc1oc2ncnc(NC3(C)CC3)c2c1C(=O)NCc1cc(NO)ccc1F. The lowest BCUT2D eigenvalue weighted by molar-refractivity contribution is 0.0950. The topological polar surface area (TPSA) is 112 Å². The van der Waals surface area contributed by atoms with Gasteiger partial charge in [0.25, 0.3) is 5.91 Å². The van der Waals surface area contributed by atoms with Gasteiger partial charge in [-0.25, -0.2) is 14.4 Å². The normalized spacial score (nSPS) is 14.7. The number of halogens is 1. The number of fused-ring (bicyclic) bond motifs is 1. The van der Waals surface area contributed by atoms with Gasteiger partial charge in [-0.3, -0.25) is 15.5 Å². The fourth-order valence-electron chi connectivity index (χ4n) is 3.05. The molecule has 0 unspecified atom stereocenters. The van der Waals surface area contributed by atoms with Crippen LogP contribution in [0.4, 0.5) is 15.9 Å². The highest BCUT2D eigenvalue weighted by Gasteiger charge is 2.38. The molecule has 2 heterocycles. The molecule has 0 aliphatic heterocycles. The summed E-state index contributed by atoms with van der Waals surface area (Å²) in [4.78, 5) is 21.3. The molecule has 1 aliphatic carbocycles. The molecule has 1 aliphatic rings. The maximum Gasteiger partial charge on any atom is 0.255 e. The minimum atomic E-state index is -0.486. The van der Waals surface area contributed by atoms with Crippen molar-refractivity contribution in [2.75, 3.05) is 10.8 Å². The van der Waals surface area contributed by atoms with Crippen LogP contribution in [-0.2, 0) is 6.54 Å². The first-order chi connectivity index (χ1) is 13.4. The second-order valence-electron chi connectivity index (χ2n) is 7.22. The zero-order valence-electron chi connectivity index (χ0n) is 15.5. The Balaban J connectivity index is 1.63. The van der Waals surface area contributed by atoms with Crippen LogP contribution < -0.4 is 16.1 Å². The molecule has 146 valence electrons. The standard InChI is InChI=1S/C19H20FN5O3/c1-10-14(17(26)21-8-11-7-12(25-27)3-4-13(11)20)15-16(24-19(2)5-6-19)22-9-23-18(15)28-10/h3-4,7,9,25,27H,5-6,8H2,1-2H3,(H,21,26)(H,22,23,24). The van der Waals surface area contributed by atoms with E-state index in [0.717, 1.165) is 12.8 Å². The van der Waals surface area contributed by atoms with Gasteiger partial charge in [0, 0.05) is 17.6 Å². The van der Waals surface area contributed by atoms with Gasteiger partial charge in [-0.2, -0.15) is 0 Å². The summed E-state index contributed by atoms with van der Waals surface area (Å²) in [7, 11) is 0. The van der Waals surface area contributed by atoms with Crippen LogP contribution >= 0.6 is 0 Å². The number of furan rings is 1. The first-order valence-electron chi connectivity index (χ1n) is 8.89. The number of anilines is 2. The van der Waals surface area contributed by atoms with Crippen LogP contribution in [-0.4, -0.2) is 26.6 Å². The van der Waals surface area contributed by atoms with Gasteiger partial charge in [0.1, 0.15) is 23.7 Å². The minimum absolute atomic E-state index is 0.0406. The average Bonchev–Trinajstić information content (AvgIpc) is 3.29. The summed E-state index contributed by atoms with van der Waals surface area (Å²) in [6.07, 6.45) is 3.43. The molecule has 3 aromatic rings. The highest BCUT2D eigenvalue weighted by Crippen LogP contribution is 2.40. The van der Waals surface area contributed by atoms with Crippen molar-refractivity contribution >= 4 is 28.5 Å². The number of hydrogen-bond acceptors (Lipinski definition) is 7. The highest BCUT2D eigenvalue weighted by atomic mass is 19.1. The van der Waals surface area contributed by atoms with E-state index in [1.165, 1.54) is 24.5 Å². The third kappa shape index (κ3) is 3.36. The number of nitrogens with zero attached hydrogens (tertiary/aromatic N) is 2. The molecule has 2 aromatic heterocycles. The first kappa shape index (κ1) is 18.2. The molecule has 9 heteroatoms. The third-order valence-electron chi connectivity index (χ3n) is 4.93. The van der Waals surface area contributed by atoms with Crippen molar-refractivity contribution in [2.24, 2.45) is 0 Å². The molecule has 0 bridgehead atoms. The number of amides is 1. The lowest BCUT2D eigenvalue weighted by Crippen LogP contribution is -2.24. The summed E-state index contributed by atoms with van der Waals surface area (Å²) < 4.78 is 19.6. The molecule has 0 saturated heterocycles. The van der Waals surface area contributed by atoms with E-state index >= 15 is 0 Å². The van der Waals surface area contributed by atoms with Crippen LogP contribution in [0.25, 0.3) is 11.1 Å². The molecule has 1 aromatic carbocycles. The zero-order chi connectivity index (χ0) is 19.9. The Morgan fingerprint density at radius 3 is 2.86 bits per heavy atom. The second-order valence-corrected chi connectivity index (χ2v) is 7.22. The Morgan fingerprint density at radius 1 is 1.36 bits per heavy atom. The molecule has 8 nitrogen and oxygen atoms in total. The second kappa shape index (κ2) is 6.75. The van der Waals surface area contributed by atoms with Crippen molar-refractivity contribution in [1.82, 2.24) is 15.3 Å². The van der Waals surface area contributed by atoms with Crippen molar-refractivity contribution < 1.29 is 18.8 Å². The lowest BCUT2D eigenvalue weighted by atomic mass is 10.1. The number of benzene rings is 1. The maximum absolute atomic E-state index is 14.0. The lowest BCUT2D eigenvalue weighted by Gasteiger charge is -2.13. The molecule has 28 heavy (non-hydrogen) atoms. The Kier molecular flexibility index (Phi) is 4.38. The Bertz CT molecular complexity index is 1060. The number of carbonyl (C=O) groups excluding carboxylic acids is 1. The summed E-state index contributed by atoms with van der Waals surface area (Å²) in [5, 5.41) is 15.5. The molecule has 0 spiro atoms. The van der Waals surface area contributed by atoms with Crippen molar-refractivity contribution in [3.05, 3.63) is 47.2 Å². The number of aryl methyl sites for hydroxylation is 1. The average molecular weight is 385 g/mol. The van der Waals surface area contributed by atoms with E-state index in [2.05, 4.69) is 27.5 Å². The van der Waals surface area contributed by atoms with Gasteiger partial charge in [-0.05, 0) is 44.9 Å². The molecule has 1 fully saturated rings. The number of aromatic nitrogens is 2. The van der Waals surface area contributed by atoms with Crippen molar-refractivity contribution in [3.8, 4) is 0 Å². The summed E-state index contributed by atoms with van der Waals surface area (Å²) in [5.74, 6) is 0.0464. The highest BCUT2D eigenvalue weighted by molar-refractivity contribution is 6.10. The van der Waals surface area contributed by atoms with E-state index in [9.17, 15) is 9.18 Å². The van der Waals surface area contributed by atoms with E-state index in [-0.39, 0.29) is 17.6 Å². The monoisotopic (exact) mass is 385 g/mol. The van der Waals surface area contributed by atoms with E-state index in [1.807, 2.05) is 5.48 Å². The Hall–Kier alpha value is -3.20. The van der Waals surface area contributed by atoms with Crippen LogP contribution in [0.2, 0.25) is 0 Å². The van der Waals surface area contributed by atoms with Gasteiger partial charge in [0.05, 0.1) is 16.6 Å². The quantitative estimate of drug-likeness (QED) is 0.481. The van der Waals surface area contributed by atoms with Crippen molar-refractivity contribution in [3.63, 3.8) is 0 Å².